The first-order valence-corrected chi connectivity index (χ1v) is 5.20. The fourth-order valence-electron chi connectivity index (χ4n) is 1.31. The first-order chi connectivity index (χ1) is 7.27. The number of ether oxygens (including phenoxy) is 1. The highest BCUT2D eigenvalue weighted by molar-refractivity contribution is 6.33. The summed E-state index contributed by atoms with van der Waals surface area (Å²) < 4.78 is 5.09. The summed E-state index contributed by atoms with van der Waals surface area (Å²) in [5.41, 5.74) is 6.37. The molecule has 0 aliphatic heterocycles. The van der Waals surface area contributed by atoms with Gasteiger partial charge < -0.3 is 15.8 Å². The largest absolute Gasteiger partial charge is 0.383 e. The minimum absolute atomic E-state index is 0.180. The van der Waals surface area contributed by atoms with E-state index in [2.05, 4.69) is 10.3 Å². The van der Waals surface area contributed by atoms with Gasteiger partial charge >= 0.3 is 0 Å². The lowest BCUT2D eigenvalue weighted by Crippen LogP contribution is -2.27. The lowest BCUT2D eigenvalue weighted by atomic mass is 10.2. The average molecular weight is 230 g/mol. The van der Waals surface area contributed by atoms with Crippen LogP contribution < -0.4 is 11.1 Å². The molecule has 1 rings (SSSR count). The second kappa shape index (κ2) is 6.61. The van der Waals surface area contributed by atoms with Gasteiger partial charge in [0.05, 0.1) is 23.4 Å². The average Bonchev–Trinajstić information content (AvgIpc) is 2.22. The maximum absolute atomic E-state index is 5.97. The Hall–Kier alpha value is -0.840. The van der Waals surface area contributed by atoms with Gasteiger partial charge in [0.2, 0.25) is 0 Å². The zero-order chi connectivity index (χ0) is 11.1. The number of rotatable bonds is 6. The van der Waals surface area contributed by atoms with Crippen molar-refractivity contribution in [1.82, 2.24) is 4.98 Å². The summed E-state index contributed by atoms with van der Waals surface area (Å²) >= 11 is 5.97. The van der Waals surface area contributed by atoms with E-state index in [0.717, 1.165) is 12.1 Å². The van der Waals surface area contributed by atoms with Gasteiger partial charge in [-0.15, -0.1) is 0 Å². The molecule has 3 N–H and O–H groups in total. The highest BCUT2D eigenvalue weighted by Crippen LogP contribution is 2.20. The number of halogens is 1. The molecule has 0 aromatic carbocycles. The molecule has 0 aliphatic rings. The van der Waals surface area contributed by atoms with Crippen LogP contribution in [0.1, 0.15) is 6.42 Å². The number of aromatic nitrogens is 1. The van der Waals surface area contributed by atoms with Gasteiger partial charge in [-0.05, 0) is 19.0 Å². The van der Waals surface area contributed by atoms with Gasteiger partial charge in [0.15, 0.2) is 0 Å². The Labute approximate surface area is 94.8 Å². The molecule has 1 atom stereocenters. The topological polar surface area (TPSA) is 60.2 Å². The molecule has 0 aliphatic carbocycles. The van der Waals surface area contributed by atoms with Crippen LogP contribution in [0.5, 0.6) is 0 Å². The Bertz CT molecular complexity index is 290. The Balaban J connectivity index is 2.60. The van der Waals surface area contributed by atoms with E-state index in [1.165, 1.54) is 0 Å². The van der Waals surface area contributed by atoms with Crippen molar-refractivity contribution >= 4 is 17.3 Å². The molecule has 0 bridgehead atoms. The molecule has 0 amide bonds. The predicted octanol–water partition coefficient (Wildman–Crippen LogP) is 1.51. The van der Waals surface area contributed by atoms with Gasteiger partial charge in [-0.25, -0.2) is 0 Å². The monoisotopic (exact) mass is 229 g/mol. The molecule has 5 heteroatoms. The van der Waals surface area contributed by atoms with E-state index in [1.807, 2.05) is 6.07 Å². The number of hydrogen-bond donors (Lipinski definition) is 2. The van der Waals surface area contributed by atoms with Crippen LogP contribution >= 0.6 is 11.6 Å². The highest BCUT2D eigenvalue weighted by Gasteiger charge is 2.08. The Morgan fingerprint density at radius 1 is 1.67 bits per heavy atom. The smallest absolute Gasteiger partial charge is 0.0820 e. The number of nitrogens with one attached hydrogen (secondary N) is 1. The van der Waals surface area contributed by atoms with Gasteiger partial charge in [-0.3, -0.25) is 4.98 Å². The molecule has 0 saturated heterocycles. The fourth-order valence-corrected chi connectivity index (χ4v) is 1.49. The van der Waals surface area contributed by atoms with E-state index >= 15 is 0 Å². The van der Waals surface area contributed by atoms with Crippen molar-refractivity contribution in [3.05, 3.63) is 23.5 Å². The van der Waals surface area contributed by atoms with Gasteiger partial charge in [0, 0.05) is 19.5 Å². The molecular weight excluding hydrogens is 214 g/mol. The van der Waals surface area contributed by atoms with Crippen LogP contribution in [0.3, 0.4) is 0 Å². The number of pyridine rings is 1. The second-order valence-corrected chi connectivity index (χ2v) is 3.64. The van der Waals surface area contributed by atoms with E-state index in [4.69, 9.17) is 22.1 Å². The van der Waals surface area contributed by atoms with Crippen molar-refractivity contribution in [3.63, 3.8) is 0 Å². The lowest BCUT2D eigenvalue weighted by Gasteiger charge is -2.18. The minimum Gasteiger partial charge on any atom is -0.383 e. The third-order valence-corrected chi connectivity index (χ3v) is 2.32. The first-order valence-electron chi connectivity index (χ1n) is 4.83. The maximum atomic E-state index is 5.97. The Morgan fingerprint density at radius 3 is 3.07 bits per heavy atom. The van der Waals surface area contributed by atoms with Crippen LogP contribution in [0, 0.1) is 0 Å². The van der Waals surface area contributed by atoms with E-state index in [1.54, 1.807) is 19.5 Å². The van der Waals surface area contributed by atoms with E-state index in [0.29, 0.717) is 18.2 Å². The van der Waals surface area contributed by atoms with Crippen molar-refractivity contribution in [2.75, 3.05) is 25.6 Å². The van der Waals surface area contributed by atoms with Crippen LogP contribution in [-0.4, -0.2) is 31.3 Å². The predicted molar refractivity (Wildman–Crippen MR) is 62.2 cm³/mol. The third-order valence-electron chi connectivity index (χ3n) is 2.02. The van der Waals surface area contributed by atoms with Crippen molar-refractivity contribution in [3.8, 4) is 0 Å². The molecule has 0 saturated carbocycles. The normalized spacial score (nSPS) is 12.5. The highest BCUT2D eigenvalue weighted by atomic mass is 35.5. The molecule has 1 aromatic rings. The maximum Gasteiger partial charge on any atom is 0.0820 e. The Kier molecular flexibility index (Phi) is 5.39. The quantitative estimate of drug-likeness (QED) is 0.777. The third kappa shape index (κ3) is 4.03. The molecule has 0 fully saturated rings. The van der Waals surface area contributed by atoms with Gasteiger partial charge in [0.25, 0.3) is 0 Å². The van der Waals surface area contributed by atoms with Crippen LogP contribution in [0.2, 0.25) is 5.02 Å². The molecule has 1 unspecified atom stereocenters. The lowest BCUT2D eigenvalue weighted by molar-refractivity contribution is 0.183. The Morgan fingerprint density at radius 2 is 2.47 bits per heavy atom. The number of anilines is 1. The summed E-state index contributed by atoms with van der Waals surface area (Å²) in [7, 11) is 1.67. The zero-order valence-electron chi connectivity index (χ0n) is 8.74. The molecule has 1 heterocycles. The van der Waals surface area contributed by atoms with Crippen LogP contribution in [-0.2, 0) is 4.74 Å². The fraction of sp³-hybridized carbons (Fsp3) is 0.500. The summed E-state index contributed by atoms with van der Waals surface area (Å²) in [5, 5.41) is 3.88. The van der Waals surface area contributed by atoms with Gasteiger partial charge in [-0.1, -0.05) is 11.6 Å². The van der Waals surface area contributed by atoms with Crippen molar-refractivity contribution < 1.29 is 4.74 Å². The van der Waals surface area contributed by atoms with Crippen molar-refractivity contribution in [1.29, 1.82) is 0 Å². The van der Waals surface area contributed by atoms with E-state index in [-0.39, 0.29) is 6.04 Å². The van der Waals surface area contributed by atoms with Crippen LogP contribution in [0.15, 0.2) is 18.5 Å². The van der Waals surface area contributed by atoms with Gasteiger partial charge in [0.1, 0.15) is 0 Å². The summed E-state index contributed by atoms with van der Waals surface area (Å²) in [6, 6.07) is 2.02. The molecule has 0 radical (unpaired) electrons. The van der Waals surface area contributed by atoms with Crippen molar-refractivity contribution in [2.24, 2.45) is 5.73 Å². The number of hydrogen-bond acceptors (Lipinski definition) is 4. The number of methoxy groups -OCH3 is 1. The molecule has 4 nitrogen and oxygen atoms in total. The van der Waals surface area contributed by atoms with Crippen molar-refractivity contribution in [2.45, 2.75) is 12.5 Å². The second-order valence-electron chi connectivity index (χ2n) is 3.23. The van der Waals surface area contributed by atoms with E-state index < -0.39 is 0 Å². The van der Waals surface area contributed by atoms with Crippen LogP contribution in [0.4, 0.5) is 5.69 Å². The number of nitrogens with two attached hydrogens (primary N) is 1. The van der Waals surface area contributed by atoms with Gasteiger partial charge in [-0.2, -0.15) is 0 Å². The SMILES string of the molecule is COCC(CCN)Nc1ccncc1Cl. The molecule has 0 spiro atoms. The summed E-state index contributed by atoms with van der Waals surface area (Å²) in [5.74, 6) is 0. The standard InChI is InChI=1S/C10H16ClN3O/c1-15-7-8(2-4-12)14-10-3-5-13-6-9(10)11/h3,5-6,8H,2,4,7,12H2,1H3,(H,13,14). The summed E-state index contributed by atoms with van der Waals surface area (Å²) in [4.78, 5) is 3.92. The molecule has 1 aromatic heterocycles. The number of nitrogens with zero attached hydrogens (tertiary/aromatic N) is 1. The minimum atomic E-state index is 0.180. The molecule has 84 valence electrons. The summed E-state index contributed by atoms with van der Waals surface area (Å²) in [6.45, 7) is 1.22. The van der Waals surface area contributed by atoms with Crippen LogP contribution in [0.25, 0.3) is 0 Å². The summed E-state index contributed by atoms with van der Waals surface area (Å²) in [6.07, 6.45) is 4.14. The molecular formula is C10H16ClN3O. The molecule has 15 heavy (non-hydrogen) atoms. The zero-order valence-corrected chi connectivity index (χ0v) is 9.50. The first kappa shape index (κ1) is 12.2. The van der Waals surface area contributed by atoms with E-state index in [9.17, 15) is 0 Å².